The molecule has 2 aliphatic carbocycles. The summed E-state index contributed by atoms with van der Waals surface area (Å²) < 4.78 is 0. The molecule has 4 rings (SSSR count). The van der Waals surface area contributed by atoms with Crippen molar-refractivity contribution in [2.45, 2.75) is 6.42 Å². The van der Waals surface area contributed by atoms with Gasteiger partial charge in [-0.3, -0.25) is 19.7 Å². The molecule has 2 bridgehead atoms. The highest BCUT2D eigenvalue weighted by atomic mass is 16.6. The molecule has 0 unspecified atom stereocenters. The second-order valence-electron chi connectivity index (χ2n) is 5.76. The van der Waals surface area contributed by atoms with Crippen molar-refractivity contribution in [3.8, 4) is 0 Å². The fraction of sp³-hybridized carbons (Fsp3) is 0.333. The van der Waals surface area contributed by atoms with E-state index in [1.807, 2.05) is 12.2 Å². The Morgan fingerprint density at radius 1 is 1.05 bits per heavy atom. The van der Waals surface area contributed by atoms with Gasteiger partial charge in [0.2, 0.25) is 11.8 Å². The lowest BCUT2D eigenvalue weighted by Gasteiger charge is -2.16. The third-order valence-corrected chi connectivity index (χ3v) is 4.79. The van der Waals surface area contributed by atoms with Crippen LogP contribution in [0.4, 0.5) is 11.4 Å². The van der Waals surface area contributed by atoms with Crippen molar-refractivity contribution in [2.75, 3.05) is 4.90 Å². The molecule has 0 radical (unpaired) electrons. The standard InChI is InChI=1S/C15H12N2O4/c18-14-12-8-5-6-9(7-8)13(12)15(19)16(14)10-3-1-2-4-11(10)17(20)21/h1-6,8-9,12-13H,7H2/t8-,9+,12-,13-/m0/s1. The molecule has 4 atom stereocenters. The lowest BCUT2D eigenvalue weighted by Crippen LogP contribution is -2.33. The van der Waals surface area contributed by atoms with Crippen LogP contribution in [0.3, 0.4) is 0 Å². The van der Waals surface area contributed by atoms with E-state index in [1.165, 1.54) is 18.2 Å². The van der Waals surface area contributed by atoms with Crippen LogP contribution in [0.5, 0.6) is 0 Å². The number of hydrogen-bond donors (Lipinski definition) is 0. The van der Waals surface area contributed by atoms with Crippen LogP contribution in [0.15, 0.2) is 36.4 Å². The van der Waals surface area contributed by atoms with Crippen molar-refractivity contribution in [1.82, 2.24) is 0 Å². The summed E-state index contributed by atoms with van der Waals surface area (Å²) in [6.07, 6.45) is 4.84. The number of imide groups is 1. The van der Waals surface area contributed by atoms with Crippen LogP contribution in [-0.2, 0) is 9.59 Å². The number of amides is 2. The van der Waals surface area contributed by atoms with Gasteiger partial charge >= 0.3 is 0 Å². The Kier molecular flexibility index (Phi) is 2.34. The van der Waals surface area contributed by atoms with Gasteiger partial charge in [-0.05, 0) is 24.3 Å². The second kappa shape index (κ2) is 4.00. The first-order valence-corrected chi connectivity index (χ1v) is 6.89. The smallest absolute Gasteiger partial charge is 0.274 e. The zero-order valence-electron chi connectivity index (χ0n) is 11.0. The van der Waals surface area contributed by atoms with E-state index in [2.05, 4.69) is 0 Å². The third-order valence-electron chi connectivity index (χ3n) is 4.79. The highest BCUT2D eigenvalue weighted by Gasteiger charge is 2.60. The Morgan fingerprint density at radius 3 is 2.19 bits per heavy atom. The lowest BCUT2D eigenvalue weighted by atomic mass is 9.85. The number of carbonyl (C=O) groups excluding carboxylic acids is 2. The van der Waals surface area contributed by atoms with Gasteiger partial charge in [-0.25, -0.2) is 4.90 Å². The zero-order valence-corrected chi connectivity index (χ0v) is 11.0. The summed E-state index contributed by atoms with van der Waals surface area (Å²) in [6, 6.07) is 5.91. The van der Waals surface area contributed by atoms with E-state index in [0.717, 1.165) is 11.3 Å². The van der Waals surface area contributed by atoms with Gasteiger partial charge in [0.05, 0.1) is 16.8 Å². The number of hydrogen-bond acceptors (Lipinski definition) is 4. The number of fused-ring (bicyclic) bond motifs is 5. The number of benzene rings is 1. The first-order valence-electron chi connectivity index (χ1n) is 6.89. The molecule has 3 aliphatic rings. The van der Waals surface area contributed by atoms with Crippen molar-refractivity contribution in [3.05, 3.63) is 46.5 Å². The van der Waals surface area contributed by atoms with Gasteiger partial charge in [0, 0.05) is 6.07 Å². The van der Waals surface area contributed by atoms with Crippen LogP contribution in [0.1, 0.15) is 6.42 Å². The number of anilines is 1. The molecule has 1 aliphatic heterocycles. The number of nitro benzene ring substituents is 1. The minimum absolute atomic E-state index is 0.0892. The summed E-state index contributed by atoms with van der Waals surface area (Å²) >= 11 is 0. The van der Waals surface area contributed by atoms with Crippen molar-refractivity contribution < 1.29 is 14.5 Å². The van der Waals surface area contributed by atoms with Crippen LogP contribution < -0.4 is 4.90 Å². The molecule has 0 aromatic heterocycles. The maximum Gasteiger partial charge on any atom is 0.293 e. The number of nitro groups is 1. The Balaban J connectivity index is 1.80. The molecule has 0 spiro atoms. The minimum Gasteiger partial charge on any atom is -0.274 e. The molecular formula is C15H12N2O4. The van der Waals surface area contributed by atoms with E-state index < -0.39 is 4.92 Å². The third kappa shape index (κ3) is 1.47. The molecule has 2 fully saturated rings. The first kappa shape index (κ1) is 12.3. The van der Waals surface area contributed by atoms with E-state index in [0.29, 0.717) is 0 Å². The molecule has 1 aromatic carbocycles. The Morgan fingerprint density at radius 2 is 1.62 bits per heavy atom. The quantitative estimate of drug-likeness (QED) is 0.359. The summed E-state index contributed by atoms with van der Waals surface area (Å²) in [5, 5.41) is 11.1. The molecule has 0 N–H and O–H groups in total. The largest absolute Gasteiger partial charge is 0.293 e. The SMILES string of the molecule is O=C1[C@@H]2[C@@H](C(=O)N1c1ccccc1[N+](=O)[O-])[C@H]1C=C[C@@H]2C1. The number of carbonyl (C=O) groups is 2. The molecule has 1 saturated heterocycles. The van der Waals surface area contributed by atoms with Crippen molar-refractivity contribution in [2.24, 2.45) is 23.7 Å². The summed E-state index contributed by atoms with van der Waals surface area (Å²) in [6.45, 7) is 0. The number of allylic oxidation sites excluding steroid dienone is 2. The lowest BCUT2D eigenvalue weighted by molar-refractivity contribution is -0.384. The van der Waals surface area contributed by atoms with Crippen molar-refractivity contribution >= 4 is 23.2 Å². The van der Waals surface area contributed by atoms with Crippen LogP contribution in [0.25, 0.3) is 0 Å². The normalized spacial score (nSPS) is 32.9. The minimum atomic E-state index is -0.559. The highest BCUT2D eigenvalue weighted by Crippen LogP contribution is 2.53. The summed E-state index contributed by atoms with van der Waals surface area (Å²) in [5.74, 6) is -1.07. The topological polar surface area (TPSA) is 80.5 Å². The van der Waals surface area contributed by atoms with Crippen LogP contribution in [-0.4, -0.2) is 16.7 Å². The molecule has 6 heteroatoms. The van der Waals surface area contributed by atoms with Gasteiger partial charge in [0.25, 0.3) is 5.69 Å². The van der Waals surface area contributed by atoms with E-state index in [-0.39, 0.29) is 46.9 Å². The molecule has 1 saturated carbocycles. The van der Waals surface area contributed by atoms with E-state index in [4.69, 9.17) is 0 Å². The number of nitrogens with zero attached hydrogens (tertiary/aromatic N) is 2. The molecule has 1 heterocycles. The van der Waals surface area contributed by atoms with Gasteiger partial charge in [-0.1, -0.05) is 24.3 Å². The maximum absolute atomic E-state index is 12.6. The Labute approximate surface area is 120 Å². The zero-order chi connectivity index (χ0) is 14.7. The molecule has 2 amide bonds. The molecule has 1 aromatic rings. The molecule has 21 heavy (non-hydrogen) atoms. The predicted octanol–water partition coefficient (Wildman–Crippen LogP) is 1.91. The molecular weight excluding hydrogens is 272 g/mol. The summed E-state index contributed by atoms with van der Waals surface area (Å²) in [4.78, 5) is 36.8. The maximum atomic E-state index is 12.6. The van der Waals surface area contributed by atoms with Crippen LogP contribution in [0, 0.1) is 33.8 Å². The van der Waals surface area contributed by atoms with Gasteiger partial charge in [0.15, 0.2) is 0 Å². The van der Waals surface area contributed by atoms with E-state index >= 15 is 0 Å². The Bertz CT molecular complexity index is 681. The van der Waals surface area contributed by atoms with Crippen molar-refractivity contribution in [3.63, 3.8) is 0 Å². The van der Waals surface area contributed by atoms with E-state index in [1.54, 1.807) is 6.07 Å². The second-order valence-corrected chi connectivity index (χ2v) is 5.76. The summed E-state index contributed by atoms with van der Waals surface area (Å²) in [7, 11) is 0. The first-order chi connectivity index (χ1) is 10.1. The highest BCUT2D eigenvalue weighted by molar-refractivity contribution is 6.23. The van der Waals surface area contributed by atoms with Gasteiger partial charge in [0.1, 0.15) is 5.69 Å². The van der Waals surface area contributed by atoms with E-state index in [9.17, 15) is 19.7 Å². The number of rotatable bonds is 2. The van der Waals surface area contributed by atoms with Gasteiger partial charge in [-0.2, -0.15) is 0 Å². The van der Waals surface area contributed by atoms with Gasteiger partial charge in [-0.15, -0.1) is 0 Å². The fourth-order valence-electron chi connectivity index (χ4n) is 3.95. The van der Waals surface area contributed by atoms with Crippen molar-refractivity contribution in [1.29, 1.82) is 0 Å². The predicted molar refractivity (Wildman–Crippen MR) is 73.3 cm³/mol. The average Bonchev–Trinajstić information content (AvgIpc) is 3.13. The molecule has 106 valence electrons. The Hall–Kier alpha value is -2.50. The van der Waals surface area contributed by atoms with Crippen LogP contribution >= 0.6 is 0 Å². The average molecular weight is 284 g/mol. The van der Waals surface area contributed by atoms with Gasteiger partial charge < -0.3 is 0 Å². The summed E-state index contributed by atoms with van der Waals surface area (Å²) in [5.41, 5.74) is -0.120. The monoisotopic (exact) mass is 284 g/mol. The van der Waals surface area contributed by atoms with Crippen LogP contribution in [0.2, 0.25) is 0 Å². The number of para-hydroxylation sites is 2. The fourth-order valence-corrected chi connectivity index (χ4v) is 3.95. The molecule has 6 nitrogen and oxygen atoms in total.